The van der Waals surface area contributed by atoms with E-state index in [9.17, 15) is 9.59 Å². The van der Waals surface area contributed by atoms with Gasteiger partial charge in [0.05, 0.1) is 19.1 Å². The van der Waals surface area contributed by atoms with Crippen LogP contribution < -0.4 is 4.90 Å². The lowest BCUT2D eigenvalue weighted by atomic mass is 9.79. The number of aromatic nitrogens is 1. The normalized spacial score (nSPS) is 27.8. The van der Waals surface area contributed by atoms with Crippen LogP contribution in [-0.4, -0.2) is 35.8 Å². The quantitative estimate of drug-likeness (QED) is 0.803. The summed E-state index contributed by atoms with van der Waals surface area (Å²) in [4.78, 5) is 29.7. The molecule has 1 saturated heterocycles. The Kier molecular flexibility index (Phi) is 4.00. The van der Waals surface area contributed by atoms with Crippen LogP contribution >= 0.6 is 0 Å². The topological polar surface area (TPSA) is 68.7 Å². The molecule has 0 bridgehead atoms. The van der Waals surface area contributed by atoms with Gasteiger partial charge < -0.3 is 9.47 Å². The number of carbonyl (C=O) groups excluding carboxylic acids is 2. The number of carbonyl (C=O) groups is 2. The van der Waals surface area contributed by atoms with E-state index in [0.29, 0.717) is 44.7 Å². The second-order valence-electron chi connectivity index (χ2n) is 5.85. The molecule has 1 amide bonds. The van der Waals surface area contributed by atoms with Gasteiger partial charge in [0, 0.05) is 6.20 Å². The number of rotatable bonds is 3. The van der Waals surface area contributed by atoms with Crippen molar-refractivity contribution in [1.82, 2.24) is 4.98 Å². The zero-order chi connectivity index (χ0) is 15.6. The standard InChI is InChI=1S/C16H20N2O4/c1-2-21-14(19)12-6-8-16(9-7-12)11-18(15(20)22-16)13-5-3-4-10-17-13/h3-5,10,12H,2,6-9,11H2,1H3/t12-,16+. The average Bonchev–Trinajstić information content (AvgIpc) is 2.85. The van der Waals surface area contributed by atoms with Gasteiger partial charge in [-0.15, -0.1) is 0 Å². The maximum atomic E-state index is 12.1. The fourth-order valence-corrected chi connectivity index (χ4v) is 3.21. The largest absolute Gasteiger partial charge is 0.466 e. The Hall–Kier alpha value is -2.11. The minimum Gasteiger partial charge on any atom is -0.466 e. The van der Waals surface area contributed by atoms with E-state index in [0.717, 1.165) is 0 Å². The molecule has 6 heteroatoms. The summed E-state index contributed by atoms with van der Waals surface area (Å²) in [6.07, 6.45) is 4.07. The third-order valence-corrected chi connectivity index (χ3v) is 4.41. The minimum atomic E-state index is -0.488. The van der Waals surface area contributed by atoms with E-state index in [1.807, 2.05) is 19.1 Å². The van der Waals surface area contributed by atoms with Crippen LogP contribution in [0.2, 0.25) is 0 Å². The van der Waals surface area contributed by atoms with Crippen LogP contribution in [0.5, 0.6) is 0 Å². The molecule has 2 heterocycles. The molecule has 22 heavy (non-hydrogen) atoms. The summed E-state index contributed by atoms with van der Waals surface area (Å²) in [6.45, 7) is 2.72. The first-order valence-corrected chi connectivity index (χ1v) is 7.72. The lowest BCUT2D eigenvalue weighted by molar-refractivity contribution is -0.150. The van der Waals surface area contributed by atoms with Crippen LogP contribution in [0.25, 0.3) is 0 Å². The van der Waals surface area contributed by atoms with Gasteiger partial charge >= 0.3 is 12.1 Å². The summed E-state index contributed by atoms with van der Waals surface area (Å²) in [6, 6.07) is 5.45. The van der Waals surface area contributed by atoms with E-state index in [4.69, 9.17) is 9.47 Å². The molecule has 1 aromatic heterocycles. The molecular weight excluding hydrogens is 284 g/mol. The highest BCUT2D eigenvalue weighted by molar-refractivity contribution is 5.89. The predicted octanol–water partition coefficient (Wildman–Crippen LogP) is 2.53. The minimum absolute atomic E-state index is 0.0758. The fraction of sp³-hybridized carbons (Fsp3) is 0.562. The van der Waals surface area contributed by atoms with Crippen LogP contribution in [-0.2, 0) is 14.3 Å². The van der Waals surface area contributed by atoms with E-state index in [1.165, 1.54) is 0 Å². The van der Waals surface area contributed by atoms with Crippen molar-refractivity contribution in [3.05, 3.63) is 24.4 Å². The van der Waals surface area contributed by atoms with Gasteiger partial charge in [-0.25, -0.2) is 9.78 Å². The van der Waals surface area contributed by atoms with E-state index in [1.54, 1.807) is 17.2 Å². The van der Waals surface area contributed by atoms with Crippen molar-refractivity contribution in [3.63, 3.8) is 0 Å². The van der Waals surface area contributed by atoms with Crippen molar-refractivity contribution in [2.75, 3.05) is 18.1 Å². The Morgan fingerprint density at radius 3 is 2.86 bits per heavy atom. The molecule has 1 saturated carbocycles. The molecule has 3 rings (SSSR count). The van der Waals surface area contributed by atoms with Gasteiger partial charge in [0.1, 0.15) is 11.4 Å². The van der Waals surface area contributed by atoms with Crippen molar-refractivity contribution in [1.29, 1.82) is 0 Å². The molecule has 0 aromatic carbocycles. The van der Waals surface area contributed by atoms with Gasteiger partial charge in [-0.3, -0.25) is 9.69 Å². The first-order valence-electron chi connectivity index (χ1n) is 7.72. The third-order valence-electron chi connectivity index (χ3n) is 4.41. The lowest BCUT2D eigenvalue weighted by Crippen LogP contribution is -2.40. The highest BCUT2D eigenvalue weighted by Gasteiger charge is 2.49. The Morgan fingerprint density at radius 2 is 2.23 bits per heavy atom. The molecule has 0 atom stereocenters. The van der Waals surface area contributed by atoms with Gasteiger partial charge in [0.2, 0.25) is 0 Å². The van der Waals surface area contributed by atoms with Crippen LogP contribution in [0.4, 0.5) is 10.6 Å². The Labute approximate surface area is 129 Å². The summed E-state index contributed by atoms with van der Waals surface area (Å²) in [5.41, 5.74) is -0.488. The number of hydrogen-bond donors (Lipinski definition) is 0. The molecule has 1 aliphatic carbocycles. The first-order chi connectivity index (χ1) is 10.6. The zero-order valence-corrected chi connectivity index (χ0v) is 12.7. The van der Waals surface area contributed by atoms with E-state index in [2.05, 4.69) is 4.98 Å². The predicted molar refractivity (Wildman–Crippen MR) is 79.4 cm³/mol. The Morgan fingerprint density at radius 1 is 1.45 bits per heavy atom. The number of esters is 1. The van der Waals surface area contributed by atoms with Crippen LogP contribution in [0.3, 0.4) is 0 Å². The summed E-state index contributed by atoms with van der Waals surface area (Å²) in [5.74, 6) is 0.397. The summed E-state index contributed by atoms with van der Waals surface area (Å²) in [7, 11) is 0. The van der Waals surface area contributed by atoms with Gasteiger partial charge in [-0.1, -0.05) is 6.07 Å². The maximum Gasteiger partial charge on any atom is 0.416 e. The molecular formula is C16H20N2O4. The van der Waals surface area contributed by atoms with Crippen molar-refractivity contribution in [3.8, 4) is 0 Å². The zero-order valence-electron chi connectivity index (χ0n) is 12.7. The monoisotopic (exact) mass is 304 g/mol. The van der Waals surface area contributed by atoms with Crippen LogP contribution in [0.15, 0.2) is 24.4 Å². The molecule has 1 spiro atoms. The van der Waals surface area contributed by atoms with E-state index in [-0.39, 0.29) is 18.0 Å². The highest BCUT2D eigenvalue weighted by atomic mass is 16.6. The summed E-state index contributed by atoms with van der Waals surface area (Å²) < 4.78 is 10.7. The van der Waals surface area contributed by atoms with Crippen molar-refractivity contribution >= 4 is 17.9 Å². The van der Waals surface area contributed by atoms with Gasteiger partial charge in [0.25, 0.3) is 0 Å². The average molecular weight is 304 g/mol. The Balaban J connectivity index is 1.65. The maximum absolute atomic E-state index is 12.1. The number of nitrogens with zero attached hydrogens (tertiary/aromatic N) is 2. The van der Waals surface area contributed by atoms with Crippen molar-refractivity contribution in [2.45, 2.75) is 38.2 Å². The number of anilines is 1. The lowest BCUT2D eigenvalue weighted by Gasteiger charge is -2.34. The molecule has 1 aliphatic heterocycles. The first kappa shape index (κ1) is 14.8. The smallest absolute Gasteiger partial charge is 0.416 e. The molecule has 1 aromatic rings. The van der Waals surface area contributed by atoms with E-state index < -0.39 is 5.60 Å². The van der Waals surface area contributed by atoms with Crippen LogP contribution in [0, 0.1) is 5.92 Å². The number of amides is 1. The molecule has 0 N–H and O–H groups in total. The number of ether oxygens (including phenoxy) is 2. The molecule has 118 valence electrons. The number of pyridine rings is 1. The van der Waals surface area contributed by atoms with Crippen molar-refractivity contribution < 1.29 is 19.1 Å². The SMILES string of the molecule is CCOC(=O)[C@H]1CC[C@@]2(CC1)CN(c1ccccn1)C(=O)O2. The molecule has 2 fully saturated rings. The van der Waals surface area contributed by atoms with Crippen LogP contribution in [0.1, 0.15) is 32.6 Å². The van der Waals surface area contributed by atoms with E-state index >= 15 is 0 Å². The Bertz CT molecular complexity index is 553. The second kappa shape index (κ2) is 5.94. The molecule has 0 unspecified atom stereocenters. The third kappa shape index (κ3) is 2.77. The number of hydrogen-bond acceptors (Lipinski definition) is 5. The molecule has 0 radical (unpaired) electrons. The fourth-order valence-electron chi connectivity index (χ4n) is 3.21. The molecule has 2 aliphatic rings. The van der Waals surface area contributed by atoms with Gasteiger partial charge in [-0.05, 0) is 44.7 Å². The van der Waals surface area contributed by atoms with Crippen molar-refractivity contribution in [2.24, 2.45) is 5.92 Å². The highest BCUT2D eigenvalue weighted by Crippen LogP contribution is 2.40. The summed E-state index contributed by atoms with van der Waals surface area (Å²) in [5, 5.41) is 0. The van der Waals surface area contributed by atoms with Gasteiger partial charge in [0.15, 0.2) is 0 Å². The molecule has 6 nitrogen and oxygen atoms in total. The van der Waals surface area contributed by atoms with Gasteiger partial charge in [-0.2, -0.15) is 0 Å². The second-order valence-corrected chi connectivity index (χ2v) is 5.85. The summed E-state index contributed by atoms with van der Waals surface area (Å²) >= 11 is 0.